The van der Waals surface area contributed by atoms with Crippen LogP contribution < -0.4 is 5.32 Å². The van der Waals surface area contributed by atoms with Crippen molar-refractivity contribution in [2.24, 2.45) is 0 Å². The van der Waals surface area contributed by atoms with Crippen LogP contribution in [0.4, 0.5) is 5.69 Å². The topological polar surface area (TPSA) is 51.0 Å². The van der Waals surface area contributed by atoms with Gasteiger partial charge >= 0.3 is 0 Å². The number of hydrogen-bond donors (Lipinski definition) is 1. The molecule has 15 heavy (non-hydrogen) atoms. The highest BCUT2D eigenvalue weighted by Gasteiger charge is 2.01. The van der Waals surface area contributed by atoms with Crippen molar-refractivity contribution in [1.82, 2.24) is 10.1 Å². The van der Waals surface area contributed by atoms with Crippen molar-refractivity contribution >= 4 is 5.69 Å². The molecule has 1 N–H and O–H groups in total. The van der Waals surface area contributed by atoms with Gasteiger partial charge in [-0.3, -0.25) is 0 Å². The Morgan fingerprint density at radius 1 is 1.27 bits per heavy atom. The minimum absolute atomic E-state index is 0.677. The molecule has 0 saturated carbocycles. The number of aromatic nitrogens is 2. The molecule has 2 aromatic rings. The van der Waals surface area contributed by atoms with Crippen molar-refractivity contribution in [3.8, 4) is 0 Å². The Kier molecular flexibility index (Phi) is 2.97. The molecule has 1 heterocycles. The zero-order chi connectivity index (χ0) is 10.5. The Morgan fingerprint density at radius 2 is 2.07 bits per heavy atom. The van der Waals surface area contributed by atoms with Crippen LogP contribution in [0.15, 0.2) is 34.9 Å². The van der Waals surface area contributed by atoms with E-state index in [1.165, 1.54) is 0 Å². The number of para-hydroxylation sites is 1. The molecule has 1 aromatic heterocycles. The second kappa shape index (κ2) is 4.59. The smallest absolute Gasteiger partial charge is 0.228 e. The molecule has 2 rings (SSSR count). The average molecular weight is 203 g/mol. The molecule has 0 amide bonds. The van der Waals surface area contributed by atoms with Crippen molar-refractivity contribution < 1.29 is 4.52 Å². The molecule has 0 atom stereocenters. The average Bonchev–Trinajstić information content (AvgIpc) is 2.66. The maximum Gasteiger partial charge on any atom is 0.228 e. The van der Waals surface area contributed by atoms with Gasteiger partial charge in [-0.1, -0.05) is 23.4 Å². The lowest BCUT2D eigenvalue weighted by Crippen LogP contribution is -2.04. The van der Waals surface area contributed by atoms with E-state index < -0.39 is 0 Å². The summed E-state index contributed by atoms with van der Waals surface area (Å²) in [5.74, 6) is 1.36. The van der Waals surface area contributed by atoms with Crippen LogP contribution in [-0.2, 0) is 6.42 Å². The van der Waals surface area contributed by atoms with Crippen molar-refractivity contribution in [2.75, 3.05) is 11.9 Å². The molecule has 0 radical (unpaired) electrons. The third kappa shape index (κ3) is 2.80. The molecular formula is C11H13N3O. The predicted molar refractivity (Wildman–Crippen MR) is 57.7 cm³/mol. The van der Waals surface area contributed by atoms with E-state index in [1.54, 1.807) is 0 Å². The third-order valence-corrected chi connectivity index (χ3v) is 2.01. The summed E-state index contributed by atoms with van der Waals surface area (Å²) in [7, 11) is 0. The quantitative estimate of drug-likeness (QED) is 0.826. The Balaban J connectivity index is 1.80. The van der Waals surface area contributed by atoms with E-state index in [2.05, 4.69) is 15.5 Å². The fourth-order valence-electron chi connectivity index (χ4n) is 1.31. The first kappa shape index (κ1) is 9.71. The van der Waals surface area contributed by atoms with Crippen LogP contribution in [0, 0.1) is 6.92 Å². The summed E-state index contributed by atoms with van der Waals surface area (Å²) >= 11 is 0. The number of benzene rings is 1. The third-order valence-electron chi connectivity index (χ3n) is 2.01. The molecule has 4 nitrogen and oxygen atoms in total. The number of anilines is 1. The summed E-state index contributed by atoms with van der Waals surface area (Å²) in [4.78, 5) is 4.12. The first-order valence-corrected chi connectivity index (χ1v) is 4.93. The van der Waals surface area contributed by atoms with Crippen LogP contribution in [0.5, 0.6) is 0 Å². The molecule has 0 fully saturated rings. The minimum atomic E-state index is 0.677. The fourth-order valence-corrected chi connectivity index (χ4v) is 1.31. The molecule has 4 heteroatoms. The Hall–Kier alpha value is -1.84. The summed E-state index contributed by atoms with van der Waals surface area (Å²) in [6, 6.07) is 10.0. The standard InChI is InChI=1S/C11H13N3O/c1-9-13-11(15-14-9)7-8-12-10-5-3-2-4-6-10/h2-6,12H,7-8H2,1H3. The largest absolute Gasteiger partial charge is 0.385 e. The summed E-state index contributed by atoms with van der Waals surface area (Å²) in [6.45, 7) is 2.61. The summed E-state index contributed by atoms with van der Waals surface area (Å²) < 4.78 is 5.00. The van der Waals surface area contributed by atoms with Gasteiger partial charge in [0, 0.05) is 18.7 Å². The van der Waals surface area contributed by atoms with Crippen LogP contribution >= 0.6 is 0 Å². The van der Waals surface area contributed by atoms with Crippen LogP contribution in [0.1, 0.15) is 11.7 Å². The monoisotopic (exact) mass is 203 g/mol. The van der Waals surface area contributed by atoms with Crippen molar-refractivity contribution in [3.63, 3.8) is 0 Å². The molecule has 0 aliphatic carbocycles. The summed E-state index contributed by atoms with van der Waals surface area (Å²) in [5.41, 5.74) is 1.11. The van der Waals surface area contributed by atoms with E-state index in [9.17, 15) is 0 Å². The number of rotatable bonds is 4. The summed E-state index contributed by atoms with van der Waals surface area (Å²) in [6.07, 6.45) is 0.746. The van der Waals surface area contributed by atoms with E-state index in [0.717, 1.165) is 18.7 Å². The van der Waals surface area contributed by atoms with Crippen molar-refractivity contribution in [2.45, 2.75) is 13.3 Å². The molecule has 78 valence electrons. The molecular weight excluding hydrogens is 190 g/mol. The first-order chi connectivity index (χ1) is 7.34. The lowest BCUT2D eigenvalue weighted by atomic mass is 10.3. The number of nitrogens with one attached hydrogen (secondary N) is 1. The van der Waals surface area contributed by atoms with E-state index in [-0.39, 0.29) is 0 Å². The van der Waals surface area contributed by atoms with Crippen LogP contribution in [0.2, 0.25) is 0 Å². The molecule has 0 bridgehead atoms. The van der Waals surface area contributed by atoms with Gasteiger partial charge in [0.1, 0.15) is 0 Å². The van der Waals surface area contributed by atoms with Gasteiger partial charge in [0.05, 0.1) is 0 Å². The Labute approximate surface area is 88.3 Å². The van der Waals surface area contributed by atoms with Gasteiger partial charge in [-0.15, -0.1) is 0 Å². The fraction of sp³-hybridized carbons (Fsp3) is 0.273. The van der Waals surface area contributed by atoms with E-state index in [1.807, 2.05) is 37.3 Å². The normalized spacial score (nSPS) is 10.2. The Bertz CT molecular complexity index is 411. The molecule has 0 spiro atoms. The van der Waals surface area contributed by atoms with Gasteiger partial charge in [0.25, 0.3) is 0 Å². The van der Waals surface area contributed by atoms with Gasteiger partial charge in [0.15, 0.2) is 5.82 Å². The SMILES string of the molecule is Cc1noc(CCNc2ccccc2)n1. The molecule has 0 aliphatic rings. The molecule has 0 saturated heterocycles. The zero-order valence-electron chi connectivity index (χ0n) is 8.60. The van der Waals surface area contributed by atoms with E-state index in [0.29, 0.717) is 11.7 Å². The maximum absolute atomic E-state index is 5.00. The molecule has 1 aromatic carbocycles. The second-order valence-electron chi connectivity index (χ2n) is 3.28. The highest BCUT2D eigenvalue weighted by atomic mass is 16.5. The second-order valence-corrected chi connectivity index (χ2v) is 3.28. The number of hydrogen-bond acceptors (Lipinski definition) is 4. The van der Waals surface area contributed by atoms with Crippen LogP contribution in [0.3, 0.4) is 0 Å². The first-order valence-electron chi connectivity index (χ1n) is 4.93. The van der Waals surface area contributed by atoms with Crippen LogP contribution in [-0.4, -0.2) is 16.7 Å². The van der Waals surface area contributed by atoms with Gasteiger partial charge < -0.3 is 9.84 Å². The van der Waals surface area contributed by atoms with Gasteiger partial charge in [-0.05, 0) is 19.1 Å². The maximum atomic E-state index is 5.00. The van der Waals surface area contributed by atoms with Crippen molar-refractivity contribution in [3.05, 3.63) is 42.0 Å². The van der Waals surface area contributed by atoms with Crippen molar-refractivity contribution in [1.29, 1.82) is 0 Å². The molecule has 0 unspecified atom stereocenters. The zero-order valence-corrected chi connectivity index (χ0v) is 8.60. The van der Waals surface area contributed by atoms with Crippen LogP contribution in [0.25, 0.3) is 0 Å². The Morgan fingerprint density at radius 3 is 2.73 bits per heavy atom. The lowest BCUT2D eigenvalue weighted by Gasteiger charge is -2.02. The predicted octanol–water partition coefficient (Wildman–Crippen LogP) is 2.03. The van der Waals surface area contributed by atoms with E-state index in [4.69, 9.17) is 4.52 Å². The van der Waals surface area contributed by atoms with E-state index >= 15 is 0 Å². The van der Waals surface area contributed by atoms with Gasteiger partial charge in [-0.25, -0.2) is 0 Å². The molecule has 0 aliphatic heterocycles. The summed E-state index contributed by atoms with van der Waals surface area (Å²) in [5, 5.41) is 7.00. The number of aryl methyl sites for hydroxylation is 1. The minimum Gasteiger partial charge on any atom is -0.385 e. The van der Waals surface area contributed by atoms with Gasteiger partial charge in [-0.2, -0.15) is 4.98 Å². The highest BCUT2D eigenvalue weighted by Crippen LogP contribution is 2.05. The van der Waals surface area contributed by atoms with Gasteiger partial charge in [0.2, 0.25) is 5.89 Å². The number of nitrogens with zero attached hydrogens (tertiary/aromatic N) is 2. The highest BCUT2D eigenvalue weighted by molar-refractivity contribution is 5.42. The lowest BCUT2D eigenvalue weighted by molar-refractivity contribution is 0.377.